The number of carbonyl (C=O) groups is 2. The summed E-state index contributed by atoms with van der Waals surface area (Å²) in [6.07, 6.45) is 3.62. The summed E-state index contributed by atoms with van der Waals surface area (Å²) in [5.41, 5.74) is -0.624. The molecule has 0 atom stereocenters. The van der Waals surface area contributed by atoms with E-state index in [-0.39, 0.29) is 24.9 Å². The topological polar surface area (TPSA) is 119 Å². The van der Waals surface area contributed by atoms with Crippen LogP contribution in [-0.2, 0) is 5.54 Å². The van der Waals surface area contributed by atoms with Crippen LogP contribution in [0.4, 0.5) is 4.79 Å². The predicted molar refractivity (Wildman–Crippen MR) is 73.9 cm³/mol. The highest BCUT2D eigenvalue weighted by Gasteiger charge is 2.43. The Morgan fingerprint density at radius 2 is 2.24 bits per heavy atom. The zero-order chi connectivity index (χ0) is 15.5. The summed E-state index contributed by atoms with van der Waals surface area (Å²) in [5.74, 6) is -0.607. The van der Waals surface area contributed by atoms with Gasteiger partial charge in [0.15, 0.2) is 0 Å². The number of aliphatic hydroxyl groups excluding tert-OH is 1. The van der Waals surface area contributed by atoms with Crippen molar-refractivity contribution < 1.29 is 19.8 Å². The number of nitrogens with one attached hydrogen (secondary N) is 2. The average Bonchev–Trinajstić information content (AvgIpc) is 2.90. The number of carboxylic acids is 1. The summed E-state index contributed by atoms with van der Waals surface area (Å²) < 4.78 is 0. The second-order valence-corrected chi connectivity index (χ2v) is 5.12. The first-order valence-corrected chi connectivity index (χ1v) is 6.99. The van der Waals surface area contributed by atoms with Crippen molar-refractivity contribution in [2.75, 3.05) is 19.7 Å². The van der Waals surface area contributed by atoms with Gasteiger partial charge >= 0.3 is 12.0 Å². The Bertz CT molecular complexity index is 524. The first kappa shape index (κ1) is 15.3. The van der Waals surface area contributed by atoms with Crippen LogP contribution in [0.1, 0.15) is 42.5 Å². The van der Waals surface area contributed by atoms with Gasteiger partial charge in [0.05, 0.1) is 18.3 Å². The molecule has 0 aliphatic heterocycles. The quantitative estimate of drug-likeness (QED) is 0.610. The number of hydrogen-bond donors (Lipinski definition) is 4. The maximum absolute atomic E-state index is 12.2. The number of imidazole rings is 1. The van der Waals surface area contributed by atoms with Crippen molar-refractivity contribution in [2.45, 2.75) is 31.7 Å². The minimum absolute atomic E-state index is 0.00762. The molecule has 2 rings (SSSR count). The molecule has 8 nitrogen and oxygen atoms in total. The van der Waals surface area contributed by atoms with Crippen molar-refractivity contribution in [1.82, 2.24) is 20.2 Å². The number of rotatable bonds is 6. The van der Waals surface area contributed by atoms with E-state index in [0.717, 1.165) is 6.42 Å². The molecule has 1 aromatic rings. The van der Waals surface area contributed by atoms with Crippen molar-refractivity contribution in [3.63, 3.8) is 0 Å². The molecule has 1 aliphatic rings. The SMILES string of the molecule is CCN(CCO)C(=O)NC1(c2ncc(C(=O)O)[nH]2)CCC1. The molecule has 0 unspecified atom stereocenters. The summed E-state index contributed by atoms with van der Waals surface area (Å²) in [7, 11) is 0. The maximum Gasteiger partial charge on any atom is 0.353 e. The van der Waals surface area contributed by atoms with Crippen LogP contribution < -0.4 is 5.32 Å². The first-order chi connectivity index (χ1) is 10.0. The smallest absolute Gasteiger partial charge is 0.353 e. The third kappa shape index (κ3) is 2.99. The summed E-state index contributed by atoms with van der Waals surface area (Å²) in [4.78, 5) is 31.5. The normalized spacial score (nSPS) is 16.1. The minimum Gasteiger partial charge on any atom is -0.477 e. The molecular weight excluding hydrogens is 276 g/mol. The second kappa shape index (κ2) is 6.13. The van der Waals surface area contributed by atoms with E-state index >= 15 is 0 Å². The summed E-state index contributed by atoms with van der Waals surface area (Å²) in [5, 5.41) is 20.8. The molecule has 1 aromatic heterocycles. The number of aromatic carboxylic acids is 1. The predicted octanol–water partition coefficient (Wildman–Crippen LogP) is 0.511. The second-order valence-electron chi connectivity index (χ2n) is 5.12. The number of likely N-dealkylation sites (N-methyl/N-ethyl adjacent to an activating group) is 1. The maximum atomic E-state index is 12.2. The van der Waals surface area contributed by atoms with Crippen LogP contribution >= 0.6 is 0 Å². The molecular formula is C13H20N4O4. The molecule has 116 valence electrons. The fraction of sp³-hybridized carbons (Fsp3) is 0.615. The monoisotopic (exact) mass is 296 g/mol. The van der Waals surface area contributed by atoms with Gasteiger partial charge in [-0.1, -0.05) is 0 Å². The molecule has 8 heteroatoms. The lowest BCUT2D eigenvalue weighted by atomic mass is 9.76. The van der Waals surface area contributed by atoms with Crippen molar-refractivity contribution in [1.29, 1.82) is 0 Å². The van der Waals surface area contributed by atoms with Gasteiger partial charge in [-0.2, -0.15) is 0 Å². The highest BCUT2D eigenvalue weighted by molar-refractivity contribution is 5.85. The fourth-order valence-electron chi connectivity index (χ4n) is 2.43. The molecule has 1 aliphatic carbocycles. The molecule has 4 N–H and O–H groups in total. The van der Waals surface area contributed by atoms with E-state index in [1.807, 2.05) is 6.92 Å². The summed E-state index contributed by atoms with van der Waals surface area (Å²) in [6.45, 7) is 2.48. The van der Waals surface area contributed by atoms with Gasteiger partial charge in [-0.05, 0) is 26.2 Å². The van der Waals surface area contributed by atoms with Crippen LogP contribution in [0.2, 0.25) is 0 Å². The molecule has 1 saturated carbocycles. The number of aliphatic hydroxyl groups is 1. The number of aromatic amines is 1. The lowest BCUT2D eigenvalue weighted by molar-refractivity contribution is 0.0690. The Balaban J connectivity index is 2.13. The number of carboxylic acid groups (broad SMARTS) is 1. The number of amides is 2. The van der Waals surface area contributed by atoms with Crippen LogP contribution in [0.15, 0.2) is 6.20 Å². The number of hydrogen-bond acceptors (Lipinski definition) is 4. The minimum atomic E-state index is -1.08. The van der Waals surface area contributed by atoms with E-state index in [9.17, 15) is 9.59 Å². The van der Waals surface area contributed by atoms with Gasteiger partial charge < -0.3 is 25.4 Å². The third-order valence-corrected chi connectivity index (χ3v) is 3.85. The highest BCUT2D eigenvalue weighted by Crippen LogP contribution is 2.39. The molecule has 0 aromatic carbocycles. The Hall–Kier alpha value is -2.09. The van der Waals surface area contributed by atoms with E-state index in [2.05, 4.69) is 15.3 Å². The van der Waals surface area contributed by atoms with Crippen molar-refractivity contribution in [3.8, 4) is 0 Å². The fourth-order valence-corrected chi connectivity index (χ4v) is 2.43. The molecule has 0 bridgehead atoms. The molecule has 1 fully saturated rings. The summed E-state index contributed by atoms with van der Waals surface area (Å²) >= 11 is 0. The molecule has 0 spiro atoms. The Kier molecular flexibility index (Phi) is 4.46. The van der Waals surface area contributed by atoms with E-state index in [1.165, 1.54) is 11.1 Å². The highest BCUT2D eigenvalue weighted by atomic mass is 16.4. The third-order valence-electron chi connectivity index (χ3n) is 3.85. The van der Waals surface area contributed by atoms with Gasteiger partial charge in [0, 0.05) is 13.1 Å². The van der Waals surface area contributed by atoms with Crippen molar-refractivity contribution >= 4 is 12.0 Å². The van der Waals surface area contributed by atoms with Gasteiger partial charge in [-0.15, -0.1) is 0 Å². The van der Waals surface area contributed by atoms with Gasteiger partial charge in [0.1, 0.15) is 11.5 Å². The number of nitrogens with zero attached hydrogens (tertiary/aromatic N) is 2. The van der Waals surface area contributed by atoms with Crippen molar-refractivity contribution in [3.05, 3.63) is 17.7 Å². The number of carbonyl (C=O) groups excluding carboxylic acids is 1. The molecule has 21 heavy (non-hydrogen) atoms. The molecule has 0 saturated heterocycles. The zero-order valence-corrected chi connectivity index (χ0v) is 11.9. The standard InChI is InChI=1S/C13H20N4O4/c1-2-17(6-7-18)12(21)16-13(4-3-5-13)11-14-8-9(15-11)10(19)20/h8,18H,2-7H2,1H3,(H,14,15)(H,16,21)(H,19,20). The average molecular weight is 296 g/mol. The molecule has 1 heterocycles. The van der Waals surface area contributed by atoms with Crippen LogP contribution in [0.3, 0.4) is 0 Å². The number of urea groups is 1. The van der Waals surface area contributed by atoms with E-state index < -0.39 is 11.5 Å². The Labute approximate surface area is 122 Å². The van der Waals surface area contributed by atoms with E-state index in [0.29, 0.717) is 25.2 Å². The number of H-pyrrole nitrogens is 1. The van der Waals surface area contributed by atoms with Crippen molar-refractivity contribution in [2.24, 2.45) is 0 Å². The lowest BCUT2D eigenvalue weighted by Crippen LogP contribution is -2.55. The van der Waals surface area contributed by atoms with Gasteiger partial charge in [-0.3, -0.25) is 0 Å². The van der Waals surface area contributed by atoms with Crippen LogP contribution in [0.5, 0.6) is 0 Å². The van der Waals surface area contributed by atoms with Crippen LogP contribution in [0.25, 0.3) is 0 Å². The molecule has 2 amide bonds. The largest absolute Gasteiger partial charge is 0.477 e. The lowest BCUT2D eigenvalue weighted by Gasteiger charge is -2.42. The van der Waals surface area contributed by atoms with Gasteiger partial charge in [0.25, 0.3) is 0 Å². The molecule has 0 radical (unpaired) electrons. The zero-order valence-electron chi connectivity index (χ0n) is 11.9. The Morgan fingerprint density at radius 1 is 1.52 bits per heavy atom. The van der Waals surface area contributed by atoms with Crippen LogP contribution in [-0.4, -0.2) is 56.8 Å². The van der Waals surface area contributed by atoms with E-state index in [1.54, 1.807) is 0 Å². The number of aromatic nitrogens is 2. The van der Waals surface area contributed by atoms with Crippen LogP contribution in [0, 0.1) is 0 Å². The summed E-state index contributed by atoms with van der Waals surface area (Å²) in [6, 6.07) is -0.278. The van der Waals surface area contributed by atoms with Gasteiger partial charge in [0.2, 0.25) is 0 Å². The first-order valence-electron chi connectivity index (χ1n) is 6.99. The van der Waals surface area contributed by atoms with Gasteiger partial charge in [-0.25, -0.2) is 14.6 Å². The Morgan fingerprint density at radius 3 is 2.67 bits per heavy atom. The van der Waals surface area contributed by atoms with E-state index in [4.69, 9.17) is 10.2 Å².